The molecule has 7 nitrogen and oxygen atoms in total. The maximum atomic E-state index is 13.3. The van der Waals surface area contributed by atoms with Crippen LogP contribution in [0.15, 0.2) is 29.2 Å². The van der Waals surface area contributed by atoms with Crippen molar-refractivity contribution in [2.45, 2.75) is 38.0 Å². The smallest absolute Gasteiger partial charge is 0.264 e. The summed E-state index contributed by atoms with van der Waals surface area (Å²) in [7, 11) is -0.657. The zero-order valence-electron chi connectivity index (χ0n) is 16.8. The molecule has 28 heavy (non-hydrogen) atoms. The lowest BCUT2D eigenvalue weighted by Gasteiger charge is -2.27. The van der Waals surface area contributed by atoms with Gasteiger partial charge in [0.2, 0.25) is 0 Å². The first-order valence-corrected chi connectivity index (χ1v) is 10.9. The molecule has 0 saturated carbocycles. The second-order valence-corrected chi connectivity index (χ2v) is 8.74. The van der Waals surface area contributed by atoms with Crippen molar-refractivity contribution in [3.63, 3.8) is 0 Å². The predicted molar refractivity (Wildman–Crippen MR) is 108 cm³/mol. The number of nitrogens with one attached hydrogen (secondary N) is 1. The normalized spacial score (nSPS) is 14.8. The molecule has 1 aromatic heterocycles. The third kappa shape index (κ3) is 3.73. The van der Waals surface area contributed by atoms with Gasteiger partial charge in [-0.25, -0.2) is 8.42 Å². The van der Waals surface area contributed by atoms with Crippen LogP contribution in [0, 0.1) is 13.8 Å². The van der Waals surface area contributed by atoms with Gasteiger partial charge < -0.3 is 14.2 Å². The second kappa shape index (κ2) is 7.87. The summed E-state index contributed by atoms with van der Waals surface area (Å²) in [5.74, 6) is 0.331. The molecule has 1 fully saturated rings. The van der Waals surface area contributed by atoms with E-state index in [0.29, 0.717) is 35.9 Å². The lowest BCUT2D eigenvalue weighted by Crippen LogP contribution is -2.36. The Labute approximate surface area is 166 Å². The Morgan fingerprint density at radius 2 is 1.79 bits per heavy atom. The Balaban J connectivity index is 2.04. The number of rotatable bonds is 5. The summed E-state index contributed by atoms with van der Waals surface area (Å²) in [6.07, 6.45) is 2.99. The number of nitrogens with zero attached hydrogens (tertiary/aromatic N) is 2. The van der Waals surface area contributed by atoms with Crippen molar-refractivity contribution in [2.24, 2.45) is 7.05 Å². The molecule has 1 aromatic carbocycles. The molecule has 0 unspecified atom stereocenters. The number of carbonyl (C=O) groups excluding carboxylic acids is 1. The summed E-state index contributed by atoms with van der Waals surface area (Å²) in [4.78, 5) is 15.0. The maximum Gasteiger partial charge on any atom is 0.264 e. The number of benzene rings is 1. The van der Waals surface area contributed by atoms with Crippen molar-refractivity contribution in [1.82, 2.24) is 9.47 Å². The van der Waals surface area contributed by atoms with Gasteiger partial charge in [-0.2, -0.15) is 0 Å². The molecule has 1 amide bonds. The van der Waals surface area contributed by atoms with Crippen LogP contribution in [0.3, 0.4) is 0 Å². The molecular formula is C20H27N3O4S. The number of likely N-dealkylation sites (tertiary alicyclic amines) is 1. The van der Waals surface area contributed by atoms with E-state index in [1.807, 2.05) is 0 Å². The maximum absolute atomic E-state index is 13.3. The molecule has 1 aliphatic rings. The molecule has 0 atom stereocenters. The molecule has 1 N–H and O–H groups in total. The SMILES string of the molecule is COc1cccc(NS(=O)(=O)c2c(C(=O)N3CCCCC3)c(C)n(C)c2C)c1. The Morgan fingerprint density at radius 1 is 1.11 bits per heavy atom. The molecule has 1 aliphatic heterocycles. The number of hydrogen-bond donors (Lipinski definition) is 1. The highest BCUT2D eigenvalue weighted by Gasteiger charge is 2.33. The molecule has 2 aromatic rings. The Hall–Kier alpha value is -2.48. The van der Waals surface area contributed by atoms with Crippen LogP contribution in [0.2, 0.25) is 0 Å². The van der Waals surface area contributed by atoms with Crippen LogP contribution in [0.1, 0.15) is 41.0 Å². The van der Waals surface area contributed by atoms with Crippen molar-refractivity contribution in [1.29, 1.82) is 0 Å². The van der Waals surface area contributed by atoms with Crippen molar-refractivity contribution in [3.8, 4) is 5.75 Å². The highest BCUT2D eigenvalue weighted by atomic mass is 32.2. The van der Waals surface area contributed by atoms with Crippen LogP contribution in [0.4, 0.5) is 5.69 Å². The number of ether oxygens (including phenoxy) is 1. The van der Waals surface area contributed by atoms with Crippen LogP contribution in [-0.4, -0.2) is 44.0 Å². The van der Waals surface area contributed by atoms with Crippen molar-refractivity contribution in [2.75, 3.05) is 24.9 Å². The summed E-state index contributed by atoms with van der Waals surface area (Å²) in [6, 6.07) is 6.70. The van der Waals surface area contributed by atoms with Crippen LogP contribution >= 0.6 is 0 Å². The quantitative estimate of drug-likeness (QED) is 0.829. The summed E-state index contributed by atoms with van der Waals surface area (Å²) in [6.45, 7) is 4.83. The van der Waals surface area contributed by atoms with E-state index in [1.165, 1.54) is 7.11 Å². The molecule has 0 bridgehead atoms. The summed E-state index contributed by atoms with van der Waals surface area (Å²) >= 11 is 0. The van der Waals surface area contributed by atoms with E-state index in [2.05, 4.69) is 4.72 Å². The van der Waals surface area contributed by atoms with Gasteiger partial charge in [0.25, 0.3) is 15.9 Å². The van der Waals surface area contributed by atoms with Crippen molar-refractivity contribution in [3.05, 3.63) is 41.2 Å². The van der Waals surface area contributed by atoms with Crippen molar-refractivity contribution < 1.29 is 17.9 Å². The summed E-state index contributed by atoms with van der Waals surface area (Å²) < 4.78 is 36.0. The van der Waals surface area contributed by atoms with Crippen LogP contribution < -0.4 is 9.46 Å². The van der Waals surface area contributed by atoms with E-state index in [4.69, 9.17) is 4.74 Å². The van der Waals surface area contributed by atoms with Gasteiger partial charge in [0.15, 0.2) is 0 Å². The van der Waals surface area contributed by atoms with E-state index in [-0.39, 0.29) is 16.4 Å². The fraction of sp³-hybridized carbons (Fsp3) is 0.450. The zero-order valence-corrected chi connectivity index (χ0v) is 17.6. The Morgan fingerprint density at radius 3 is 2.43 bits per heavy atom. The van der Waals surface area contributed by atoms with Gasteiger partial charge in [0.05, 0.1) is 18.4 Å². The molecule has 2 heterocycles. The number of aromatic nitrogens is 1. The average Bonchev–Trinajstić information content (AvgIpc) is 2.92. The molecule has 0 spiro atoms. The van der Waals surface area contributed by atoms with Crippen molar-refractivity contribution >= 4 is 21.6 Å². The number of carbonyl (C=O) groups is 1. The number of piperidine rings is 1. The average molecular weight is 406 g/mol. The van der Waals surface area contributed by atoms with E-state index in [9.17, 15) is 13.2 Å². The summed E-state index contributed by atoms with van der Waals surface area (Å²) in [5.41, 5.74) is 1.83. The molecule has 1 saturated heterocycles. The first-order chi connectivity index (χ1) is 13.3. The lowest BCUT2D eigenvalue weighted by molar-refractivity contribution is 0.0720. The fourth-order valence-corrected chi connectivity index (χ4v) is 5.21. The Kier molecular flexibility index (Phi) is 5.69. The highest BCUT2D eigenvalue weighted by molar-refractivity contribution is 7.92. The van der Waals surface area contributed by atoms with E-state index < -0.39 is 10.0 Å². The zero-order chi connectivity index (χ0) is 20.5. The third-order valence-electron chi connectivity index (χ3n) is 5.37. The first kappa shape index (κ1) is 20.3. The Bertz CT molecular complexity index is 989. The third-order valence-corrected chi connectivity index (χ3v) is 6.91. The predicted octanol–water partition coefficient (Wildman–Crippen LogP) is 3.08. The molecule has 3 rings (SSSR count). The minimum absolute atomic E-state index is 0.0471. The standard InChI is InChI=1S/C20H27N3O4S/c1-14-18(20(24)23-11-6-5-7-12-23)19(15(2)22(14)3)28(25,26)21-16-9-8-10-17(13-16)27-4/h8-10,13,21H,5-7,11-12H2,1-4H3. The molecule has 0 aliphatic carbocycles. The van der Waals surface area contributed by atoms with Gasteiger partial charge in [-0.3, -0.25) is 9.52 Å². The van der Waals surface area contributed by atoms with E-state index >= 15 is 0 Å². The van der Waals surface area contributed by atoms with E-state index in [0.717, 1.165) is 19.3 Å². The number of hydrogen-bond acceptors (Lipinski definition) is 4. The minimum atomic E-state index is -3.96. The monoisotopic (exact) mass is 405 g/mol. The van der Waals surface area contributed by atoms with Crippen LogP contribution in [-0.2, 0) is 17.1 Å². The van der Waals surface area contributed by atoms with Crippen LogP contribution in [0.5, 0.6) is 5.75 Å². The van der Waals surface area contributed by atoms with Gasteiger partial charge in [-0.15, -0.1) is 0 Å². The number of methoxy groups -OCH3 is 1. The van der Waals surface area contributed by atoms with Gasteiger partial charge in [0, 0.05) is 37.6 Å². The number of amides is 1. The molecule has 8 heteroatoms. The second-order valence-electron chi connectivity index (χ2n) is 7.12. The topological polar surface area (TPSA) is 80.6 Å². The van der Waals surface area contributed by atoms with Crippen LogP contribution in [0.25, 0.3) is 0 Å². The number of sulfonamides is 1. The van der Waals surface area contributed by atoms with Gasteiger partial charge in [-0.05, 0) is 45.2 Å². The fourth-order valence-electron chi connectivity index (χ4n) is 3.65. The van der Waals surface area contributed by atoms with Gasteiger partial charge >= 0.3 is 0 Å². The van der Waals surface area contributed by atoms with Gasteiger partial charge in [-0.1, -0.05) is 6.07 Å². The van der Waals surface area contributed by atoms with E-state index in [1.54, 1.807) is 54.6 Å². The number of anilines is 1. The van der Waals surface area contributed by atoms with Gasteiger partial charge in [0.1, 0.15) is 10.6 Å². The molecule has 152 valence electrons. The lowest BCUT2D eigenvalue weighted by atomic mass is 10.1. The summed E-state index contributed by atoms with van der Waals surface area (Å²) in [5, 5.41) is 0. The molecular weight excluding hydrogens is 378 g/mol. The largest absolute Gasteiger partial charge is 0.497 e. The molecule has 0 radical (unpaired) electrons. The first-order valence-electron chi connectivity index (χ1n) is 9.38. The highest BCUT2D eigenvalue weighted by Crippen LogP contribution is 2.30. The minimum Gasteiger partial charge on any atom is -0.497 e.